The smallest absolute Gasteiger partial charge is 0.157 e. The molecular formula is C7H9Cl2N3S. The highest BCUT2D eigenvalue weighted by atomic mass is 35.5. The first-order valence-corrected chi connectivity index (χ1v) is 5.12. The summed E-state index contributed by atoms with van der Waals surface area (Å²) in [5.74, 6) is 1.39. The van der Waals surface area contributed by atoms with Gasteiger partial charge in [0.25, 0.3) is 0 Å². The molecule has 0 saturated carbocycles. The molecule has 2 N–H and O–H groups in total. The average Bonchev–Trinajstić information content (AvgIpc) is 2.10. The molecule has 1 heterocycles. The lowest BCUT2D eigenvalue weighted by molar-refractivity contribution is 0.844. The summed E-state index contributed by atoms with van der Waals surface area (Å²) >= 11 is 15.5. The number of rotatable bonds is 3. The second-order valence-electron chi connectivity index (χ2n) is 2.46. The Bertz CT molecular complexity index is 283. The fourth-order valence-corrected chi connectivity index (χ4v) is 1.39. The van der Waals surface area contributed by atoms with Gasteiger partial charge in [-0.05, 0) is 12.2 Å². The second-order valence-corrected chi connectivity index (χ2v) is 3.63. The first-order valence-electron chi connectivity index (χ1n) is 3.73. The highest BCUT2D eigenvalue weighted by Crippen LogP contribution is 2.23. The molecule has 3 nitrogen and oxygen atoms in total. The van der Waals surface area contributed by atoms with Crippen LogP contribution in [0.4, 0.5) is 5.69 Å². The number of halogens is 2. The first-order chi connectivity index (χ1) is 6.15. The van der Waals surface area contributed by atoms with Crippen LogP contribution in [0.5, 0.6) is 0 Å². The zero-order valence-corrected chi connectivity index (χ0v) is 9.20. The van der Waals surface area contributed by atoms with E-state index in [0.29, 0.717) is 12.2 Å². The zero-order valence-electron chi connectivity index (χ0n) is 6.80. The zero-order chi connectivity index (χ0) is 9.84. The van der Waals surface area contributed by atoms with Gasteiger partial charge in [0.05, 0.1) is 0 Å². The molecule has 0 radical (unpaired) electrons. The third-order valence-electron chi connectivity index (χ3n) is 1.46. The van der Waals surface area contributed by atoms with Gasteiger partial charge in [-0.25, -0.2) is 9.97 Å². The van der Waals surface area contributed by atoms with Gasteiger partial charge in [0.15, 0.2) is 10.3 Å². The fraction of sp³-hybridized carbons (Fsp3) is 0.429. The number of nitrogens with zero attached hydrogens (tertiary/aromatic N) is 2. The summed E-state index contributed by atoms with van der Waals surface area (Å²) in [7, 11) is 0. The largest absolute Gasteiger partial charge is 0.394 e. The van der Waals surface area contributed by atoms with Crippen LogP contribution in [0.1, 0.15) is 12.2 Å². The Hall–Kier alpha value is -0.190. The van der Waals surface area contributed by atoms with Gasteiger partial charge >= 0.3 is 0 Å². The lowest BCUT2D eigenvalue weighted by Crippen LogP contribution is -2.00. The molecule has 0 fully saturated rings. The summed E-state index contributed by atoms with van der Waals surface area (Å²) in [5, 5.41) is 0.434. The van der Waals surface area contributed by atoms with Crippen LogP contribution < -0.4 is 5.73 Å². The molecule has 1 aromatic heterocycles. The molecule has 0 atom stereocenters. The van der Waals surface area contributed by atoms with Gasteiger partial charge in [-0.3, -0.25) is 0 Å². The minimum absolute atomic E-state index is 0.217. The number of hydrogen-bond donors (Lipinski definition) is 2. The molecule has 1 rings (SSSR count). The van der Waals surface area contributed by atoms with Crippen molar-refractivity contribution in [2.45, 2.75) is 12.8 Å². The molecule has 0 aromatic carbocycles. The Kier molecular flexibility index (Phi) is 4.09. The van der Waals surface area contributed by atoms with E-state index in [1.165, 1.54) is 0 Å². The fourth-order valence-electron chi connectivity index (χ4n) is 0.806. The number of aryl methyl sites for hydroxylation is 1. The first kappa shape index (κ1) is 10.9. The third-order valence-corrected chi connectivity index (χ3v) is 2.35. The van der Waals surface area contributed by atoms with Crippen molar-refractivity contribution in [2.24, 2.45) is 0 Å². The summed E-state index contributed by atoms with van der Waals surface area (Å²) in [6.45, 7) is 0. The molecule has 0 aliphatic rings. The Balaban J connectivity index is 2.86. The maximum absolute atomic E-state index is 5.72. The molecule has 0 unspecified atom stereocenters. The van der Waals surface area contributed by atoms with E-state index < -0.39 is 0 Å². The van der Waals surface area contributed by atoms with Gasteiger partial charge in [-0.2, -0.15) is 12.6 Å². The molecule has 0 aliphatic carbocycles. The number of thiol groups is 1. The molecule has 0 saturated heterocycles. The highest BCUT2D eigenvalue weighted by Gasteiger charge is 2.07. The van der Waals surface area contributed by atoms with Crippen LogP contribution >= 0.6 is 35.8 Å². The predicted octanol–water partition coefficient (Wildman–Crippen LogP) is 2.23. The Morgan fingerprint density at radius 3 is 2.23 bits per heavy atom. The molecule has 1 aromatic rings. The number of hydrogen-bond acceptors (Lipinski definition) is 4. The number of nitrogen functional groups attached to an aromatic ring is 1. The van der Waals surface area contributed by atoms with E-state index >= 15 is 0 Å². The number of aromatic nitrogens is 2. The number of anilines is 1. The van der Waals surface area contributed by atoms with Crippen molar-refractivity contribution < 1.29 is 0 Å². The van der Waals surface area contributed by atoms with Gasteiger partial charge in [0, 0.05) is 6.42 Å². The van der Waals surface area contributed by atoms with E-state index in [1.807, 2.05) is 0 Å². The monoisotopic (exact) mass is 237 g/mol. The standard InChI is InChI=1S/C7H9Cl2N3S/c8-6-5(10)7(9)12-4(11-6)2-1-3-13/h13H,1-3,10H2. The Morgan fingerprint density at radius 2 is 1.77 bits per heavy atom. The van der Waals surface area contributed by atoms with Gasteiger partial charge < -0.3 is 5.73 Å². The highest BCUT2D eigenvalue weighted by molar-refractivity contribution is 7.80. The molecule has 6 heteroatoms. The van der Waals surface area contributed by atoms with Crippen molar-refractivity contribution in [3.05, 3.63) is 16.1 Å². The SMILES string of the molecule is Nc1c(Cl)nc(CCCS)nc1Cl. The summed E-state index contributed by atoms with van der Waals surface area (Å²) in [6, 6.07) is 0. The van der Waals surface area contributed by atoms with E-state index in [0.717, 1.165) is 12.2 Å². The van der Waals surface area contributed by atoms with Crippen LogP contribution in [0.3, 0.4) is 0 Å². The number of nitrogens with two attached hydrogens (primary N) is 1. The van der Waals surface area contributed by atoms with Crippen molar-refractivity contribution in [1.29, 1.82) is 0 Å². The maximum atomic E-state index is 5.72. The molecule has 0 amide bonds. The van der Waals surface area contributed by atoms with Gasteiger partial charge in [0.1, 0.15) is 11.5 Å². The van der Waals surface area contributed by atoms with Crippen molar-refractivity contribution in [2.75, 3.05) is 11.5 Å². The Labute approximate surface area is 92.1 Å². The van der Waals surface area contributed by atoms with Crippen molar-refractivity contribution in [3.63, 3.8) is 0 Å². The van der Waals surface area contributed by atoms with E-state index in [4.69, 9.17) is 28.9 Å². The van der Waals surface area contributed by atoms with Crippen LogP contribution in [0.25, 0.3) is 0 Å². The summed E-state index contributed by atoms with van der Waals surface area (Å²) in [5.41, 5.74) is 5.71. The van der Waals surface area contributed by atoms with Crippen LogP contribution in [0, 0.1) is 0 Å². The average molecular weight is 238 g/mol. The molecule has 0 bridgehead atoms. The predicted molar refractivity (Wildman–Crippen MR) is 58.6 cm³/mol. The van der Waals surface area contributed by atoms with E-state index in [2.05, 4.69) is 22.6 Å². The normalized spacial score (nSPS) is 10.4. The molecule has 0 aliphatic heterocycles. The minimum Gasteiger partial charge on any atom is -0.394 e. The van der Waals surface area contributed by atoms with Gasteiger partial charge in [-0.15, -0.1) is 0 Å². The van der Waals surface area contributed by atoms with Crippen LogP contribution in [0.2, 0.25) is 10.3 Å². The lowest BCUT2D eigenvalue weighted by Gasteiger charge is -2.02. The summed E-state index contributed by atoms with van der Waals surface area (Å²) in [6.07, 6.45) is 1.60. The van der Waals surface area contributed by atoms with Gasteiger partial charge in [0.2, 0.25) is 0 Å². The van der Waals surface area contributed by atoms with Crippen LogP contribution in [0.15, 0.2) is 0 Å². The second kappa shape index (κ2) is 4.88. The van der Waals surface area contributed by atoms with Crippen LogP contribution in [-0.2, 0) is 6.42 Å². The lowest BCUT2D eigenvalue weighted by atomic mass is 10.3. The topological polar surface area (TPSA) is 51.8 Å². The van der Waals surface area contributed by atoms with Crippen LogP contribution in [-0.4, -0.2) is 15.7 Å². The minimum atomic E-state index is 0.217. The van der Waals surface area contributed by atoms with Crippen molar-refractivity contribution >= 4 is 41.5 Å². The summed E-state index contributed by atoms with van der Waals surface area (Å²) < 4.78 is 0. The van der Waals surface area contributed by atoms with Crippen molar-refractivity contribution in [1.82, 2.24) is 9.97 Å². The third kappa shape index (κ3) is 2.90. The van der Waals surface area contributed by atoms with Gasteiger partial charge in [-0.1, -0.05) is 23.2 Å². The van der Waals surface area contributed by atoms with E-state index in [-0.39, 0.29) is 16.0 Å². The molecule has 13 heavy (non-hydrogen) atoms. The summed E-state index contributed by atoms with van der Waals surface area (Å²) in [4.78, 5) is 7.96. The van der Waals surface area contributed by atoms with E-state index in [9.17, 15) is 0 Å². The maximum Gasteiger partial charge on any atom is 0.157 e. The molecular weight excluding hydrogens is 229 g/mol. The van der Waals surface area contributed by atoms with Crippen molar-refractivity contribution in [3.8, 4) is 0 Å². The van der Waals surface area contributed by atoms with E-state index in [1.54, 1.807) is 0 Å². The Morgan fingerprint density at radius 1 is 1.23 bits per heavy atom. The molecule has 72 valence electrons. The quantitative estimate of drug-likeness (QED) is 0.627. The molecule has 0 spiro atoms.